The number of benzene rings is 1. The average Bonchev–Trinajstić information content (AvgIpc) is 2.93. The van der Waals surface area contributed by atoms with Gasteiger partial charge in [0.15, 0.2) is 0 Å². The standard InChI is InChI=1S/C18H23N3O5/c1-18(2,3)26-17(25)21-14(16(24)20-10-15(22)23)8-11-9-19-13-7-5-4-6-12(11)13/h4-7,9,14,19H,8,10H2,1-3H3,(H,20,24)(H,21,25)(H,22,23)/p-1/t14-/m1/s1. The molecule has 0 radical (unpaired) electrons. The Hall–Kier alpha value is -3.03. The van der Waals surface area contributed by atoms with Gasteiger partial charge in [0.25, 0.3) is 0 Å². The average molecular weight is 360 g/mol. The normalized spacial score (nSPS) is 12.4. The molecule has 8 nitrogen and oxygen atoms in total. The molecule has 8 heteroatoms. The quantitative estimate of drug-likeness (QED) is 0.691. The number of para-hydroxylation sites is 1. The van der Waals surface area contributed by atoms with Crippen molar-refractivity contribution in [3.05, 3.63) is 36.0 Å². The number of aliphatic carboxylic acids is 1. The molecule has 0 saturated heterocycles. The second-order valence-electron chi connectivity index (χ2n) is 6.85. The van der Waals surface area contributed by atoms with Gasteiger partial charge in [0.1, 0.15) is 11.6 Å². The van der Waals surface area contributed by atoms with Gasteiger partial charge in [-0.25, -0.2) is 4.79 Å². The highest BCUT2D eigenvalue weighted by Gasteiger charge is 2.25. The molecule has 0 aliphatic heterocycles. The van der Waals surface area contributed by atoms with Crippen molar-refractivity contribution in [2.24, 2.45) is 0 Å². The number of fused-ring (bicyclic) bond motifs is 1. The maximum Gasteiger partial charge on any atom is 0.408 e. The van der Waals surface area contributed by atoms with Gasteiger partial charge in [0.2, 0.25) is 5.91 Å². The summed E-state index contributed by atoms with van der Waals surface area (Å²) >= 11 is 0. The van der Waals surface area contributed by atoms with Crippen molar-refractivity contribution < 1.29 is 24.2 Å². The molecule has 0 bridgehead atoms. The Morgan fingerprint density at radius 3 is 2.58 bits per heavy atom. The number of nitrogens with one attached hydrogen (secondary N) is 3. The smallest absolute Gasteiger partial charge is 0.408 e. The van der Waals surface area contributed by atoms with E-state index < -0.39 is 36.2 Å². The van der Waals surface area contributed by atoms with Gasteiger partial charge in [-0.15, -0.1) is 0 Å². The zero-order valence-electron chi connectivity index (χ0n) is 14.9. The van der Waals surface area contributed by atoms with Gasteiger partial charge in [-0.1, -0.05) is 18.2 Å². The molecule has 0 unspecified atom stereocenters. The van der Waals surface area contributed by atoms with Crippen molar-refractivity contribution >= 4 is 28.9 Å². The maximum atomic E-state index is 12.3. The fourth-order valence-electron chi connectivity index (χ4n) is 2.46. The van der Waals surface area contributed by atoms with Crippen LogP contribution in [-0.4, -0.2) is 41.1 Å². The Morgan fingerprint density at radius 2 is 1.92 bits per heavy atom. The summed E-state index contributed by atoms with van der Waals surface area (Å²) < 4.78 is 5.18. The van der Waals surface area contributed by atoms with Crippen LogP contribution in [0.25, 0.3) is 10.9 Å². The minimum Gasteiger partial charge on any atom is -0.548 e. The van der Waals surface area contributed by atoms with Crippen molar-refractivity contribution in [2.45, 2.75) is 38.8 Å². The number of amides is 2. The van der Waals surface area contributed by atoms with E-state index in [2.05, 4.69) is 15.6 Å². The van der Waals surface area contributed by atoms with Crippen LogP contribution in [0.4, 0.5) is 4.79 Å². The summed E-state index contributed by atoms with van der Waals surface area (Å²) in [6.07, 6.45) is 1.16. The Kier molecular flexibility index (Phi) is 5.86. The Bertz CT molecular complexity index is 807. The van der Waals surface area contributed by atoms with Crippen LogP contribution in [0, 0.1) is 0 Å². The van der Waals surface area contributed by atoms with Crippen LogP contribution >= 0.6 is 0 Å². The molecule has 2 rings (SSSR count). The number of hydrogen-bond donors (Lipinski definition) is 3. The third-order valence-electron chi connectivity index (χ3n) is 3.51. The summed E-state index contributed by atoms with van der Waals surface area (Å²) in [5, 5.41) is 16.2. The van der Waals surface area contributed by atoms with Crippen LogP contribution in [0.5, 0.6) is 0 Å². The fraction of sp³-hybridized carbons (Fsp3) is 0.389. The predicted molar refractivity (Wildman–Crippen MR) is 93.2 cm³/mol. The van der Waals surface area contributed by atoms with E-state index in [1.165, 1.54) is 0 Å². The van der Waals surface area contributed by atoms with Crippen LogP contribution in [0.15, 0.2) is 30.5 Å². The zero-order chi connectivity index (χ0) is 19.3. The highest BCUT2D eigenvalue weighted by Crippen LogP contribution is 2.19. The van der Waals surface area contributed by atoms with Crippen molar-refractivity contribution in [3.63, 3.8) is 0 Å². The number of aromatic nitrogens is 1. The zero-order valence-corrected chi connectivity index (χ0v) is 14.9. The molecule has 1 aromatic heterocycles. The summed E-state index contributed by atoms with van der Waals surface area (Å²) in [4.78, 5) is 38.1. The van der Waals surface area contributed by atoms with E-state index in [1.807, 2.05) is 24.3 Å². The summed E-state index contributed by atoms with van der Waals surface area (Å²) in [5.74, 6) is -2.05. The second-order valence-corrected chi connectivity index (χ2v) is 6.85. The van der Waals surface area contributed by atoms with Crippen LogP contribution in [0.2, 0.25) is 0 Å². The number of alkyl carbamates (subject to hydrolysis) is 1. The summed E-state index contributed by atoms with van der Waals surface area (Å²) in [6.45, 7) is 4.48. The molecule has 0 aliphatic rings. The topological polar surface area (TPSA) is 123 Å². The number of aromatic amines is 1. The van der Waals surface area contributed by atoms with E-state index in [9.17, 15) is 19.5 Å². The summed E-state index contributed by atoms with van der Waals surface area (Å²) in [7, 11) is 0. The molecule has 0 saturated carbocycles. The van der Waals surface area contributed by atoms with E-state index in [4.69, 9.17) is 4.74 Å². The molecule has 3 N–H and O–H groups in total. The fourth-order valence-corrected chi connectivity index (χ4v) is 2.46. The van der Waals surface area contributed by atoms with Crippen molar-refractivity contribution in [1.29, 1.82) is 0 Å². The summed E-state index contributed by atoms with van der Waals surface area (Å²) in [6, 6.07) is 6.54. The lowest BCUT2D eigenvalue weighted by Gasteiger charge is -2.23. The predicted octanol–water partition coefficient (Wildman–Crippen LogP) is 0.470. The van der Waals surface area contributed by atoms with E-state index in [-0.39, 0.29) is 6.42 Å². The molecule has 2 aromatic rings. The SMILES string of the molecule is CC(C)(C)OC(=O)N[C@H](Cc1c[nH]c2ccccc12)C(=O)NCC(=O)[O-]. The first-order chi connectivity index (χ1) is 12.2. The number of ether oxygens (including phenoxy) is 1. The molecular formula is C18H22N3O5-. The number of carbonyl (C=O) groups excluding carboxylic acids is 3. The first kappa shape index (κ1) is 19.3. The molecule has 0 aliphatic carbocycles. The van der Waals surface area contributed by atoms with Gasteiger partial charge >= 0.3 is 6.09 Å². The molecule has 1 atom stereocenters. The van der Waals surface area contributed by atoms with Crippen molar-refractivity contribution in [1.82, 2.24) is 15.6 Å². The Labute approximate surface area is 150 Å². The third-order valence-corrected chi connectivity index (χ3v) is 3.51. The number of hydrogen-bond acceptors (Lipinski definition) is 5. The van der Waals surface area contributed by atoms with Gasteiger partial charge in [-0.3, -0.25) is 4.79 Å². The highest BCUT2D eigenvalue weighted by atomic mass is 16.6. The number of carbonyl (C=O) groups is 3. The van der Waals surface area contributed by atoms with Crippen LogP contribution in [-0.2, 0) is 20.7 Å². The molecule has 1 aromatic carbocycles. The minimum atomic E-state index is -1.42. The second kappa shape index (κ2) is 7.90. The van der Waals surface area contributed by atoms with Gasteiger partial charge in [-0.05, 0) is 32.4 Å². The number of rotatable bonds is 6. The van der Waals surface area contributed by atoms with E-state index in [0.717, 1.165) is 16.5 Å². The Balaban J connectivity index is 2.17. The number of H-pyrrole nitrogens is 1. The summed E-state index contributed by atoms with van der Waals surface area (Å²) in [5.41, 5.74) is 0.982. The lowest BCUT2D eigenvalue weighted by molar-refractivity contribution is -0.304. The lowest BCUT2D eigenvalue weighted by Crippen LogP contribution is -2.51. The number of carboxylic acids is 1. The third kappa shape index (κ3) is 5.51. The van der Waals surface area contributed by atoms with Gasteiger partial charge in [-0.2, -0.15) is 0 Å². The molecule has 1 heterocycles. The maximum absolute atomic E-state index is 12.3. The Morgan fingerprint density at radius 1 is 1.23 bits per heavy atom. The molecule has 26 heavy (non-hydrogen) atoms. The first-order valence-corrected chi connectivity index (χ1v) is 8.18. The molecule has 0 spiro atoms. The molecule has 2 amide bonds. The monoisotopic (exact) mass is 360 g/mol. The molecule has 0 fully saturated rings. The minimum absolute atomic E-state index is 0.169. The molecular weight excluding hydrogens is 338 g/mol. The van der Waals surface area contributed by atoms with E-state index >= 15 is 0 Å². The van der Waals surface area contributed by atoms with Crippen molar-refractivity contribution in [3.8, 4) is 0 Å². The van der Waals surface area contributed by atoms with Gasteiger partial charge < -0.3 is 30.3 Å². The van der Waals surface area contributed by atoms with Crippen LogP contribution < -0.4 is 15.7 Å². The molecule has 140 valence electrons. The van der Waals surface area contributed by atoms with Crippen molar-refractivity contribution in [2.75, 3.05) is 6.54 Å². The first-order valence-electron chi connectivity index (χ1n) is 8.18. The number of carboxylic acid groups (broad SMARTS) is 1. The largest absolute Gasteiger partial charge is 0.548 e. The van der Waals surface area contributed by atoms with Crippen LogP contribution in [0.3, 0.4) is 0 Å². The van der Waals surface area contributed by atoms with Crippen LogP contribution in [0.1, 0.15) is 26.3 Å². The van der Waals surface area contributed by atoms with Gasteiger partial charge in [0.05, 0.1) is 12.5 Å². The lowest BCUT2D eigenvalue weighted by atomic mass is 10.0. The van der Waals surface area contributed by atoms with E-state index in [1.54, 1.807) is 27.0 Å². The van der Waals surface area contributed by atoms with Gasteiger partial charge in [0, 0.05) is 23.5 Å². The van der Waals surface area contributed by atoms with E-state index in [0.29, 0.717) is 0 Å². The highest BCUT2D eigenvalue weighted by molar-refractivity contribution is 5.89.